The fraction of sp³-hybridized carbons (Fsp3) is 0.0556. The maximum atomic E-state index is 13.9. The zero-order chi connectivity index (χ0) is 19.0. The van der Waals surface area contributed by atoms with Gasteiger partial charge in [0.15, 0.2) is 5.16 Å². The van der Waals surface area contributed by atoms with Crippen molar-refractivity contribution in [2.45, 2.75) is 10.1 Å². The van der Waals surface area contributed by atoms with E-state index in [2.05, 4.69) is 15.5 Å². The van der Waals surface area contributed by atoms with Crippen LogP contribution in [-0.2, 0) is 7.05 Å². The molecule has 2 heterocycles. The summed E-state index contributed by atoms with van der Waals surface area (Å²) >= 11 is 8.70. The highest BCUT2D eigenvalue weighted by molar-refractivity contribution is 7.99. The molecule has 0 saturated heterocycles. The molecule has 2 aromatic heterocycles. The first-order chi connectivity index (χ1) is 13.0. The van der Waals surface area contributed by atoms with Gasteiger partial charge in [-0.25, -0.2) is 4.39 Å². The van der Waals surface area contributed by atoms with Crippen molar-refractivity contribution in [2.24, 2.45) is 7.05 Å². The third-order valence-corrected chi connectivity index (χ3v) is 6.26. The molecule has 136 valence electrons. The minimum absolute atomic E-state index is 0.322. The molecule has 0 radical (unpaired) electrons. The number of halogens is 2. The Morgan fingerprint density at radius 3 is 2.89 bits per heavy atom. The Labute approximate surface area is 167 Å². The minimum atomic E-state index is -0.343. The number of nitrogens with one attached hydrogen (secondary N) is 1. The van der Waals surface area contributed by atoms with Crippen molar-refractivity contribution in [3.63, 3.8) is 0 Å². The number of thiophene rings is 1. The number of carbonyl (C=O) groups is 1. The van der Waals surface area contributed by atoms with Gasteiger partial charge in [0.2, 0.25) is 0 Å². The molecule has 5 nitrogen and oxygen atoms in total. The van der Waals surface area contributed by atoms with Crippen LogP contribution in [0.5, 0.6) is 0 Å². The van der Waals surface area contributed by atoms with Gasteiger partial charge in [0, 0.05) is 27.1 Å². The Balaban J connectivity index is 1.64. The lowest BCUT2D eigenvalue weighted by Gasteiger charge is -2.10. The number of benzene rings is 2. The fourth-order valence-electron chi connectivity index (χ4n) is 2.47. The van der Waals surface area contributed by atoms with E-state index in [1.807, 2.05) is 13.1 Å². The Hall–Kier alpha value is -2.42. The summed E-state index contributed by atoms with van der Waals surface area (Å²) in [5, 5.41) is 12.4. The number of rotatable bonds is 4. The molecule has 4 aromatic rings. The van der Waals surface area contributed by atoms with E-state index in [4.69, 9.17) is 11.6 Å². The van der Waals surface area contributed by atoms with Gasteiger partial charge in [0.25, 0.3) is 5.91 Å². The first-order valence-corrected chi connectivity index (χ1v) is 9.83. The molecule has 1 N–H and O–H groups in total. The molecule has 1 amide bonds. The Morgan fingerprint density at radius 2 is 2.15 bits per heavy atom. The van der Waals surface area contributed by atoms with E-state index in [-0.39, 0.29) is 11.7 Å². The lowest BCUT2D eigenvalue weighted by atomic mass is 10.2. The summed E-state index contributed by atoms with van der Waals surface area (Å²) in [4.78, 5) is 13.9. The molecule has 0 saturated carbocycles. The average molecular weight is 419 g/mol. The SMILES string of the molecule is Cn1cnnc1Sc1ccc(Cl)cc1NC(=O)c1cc2c(F)cccc2s1. The molecule has 0 unspecified atom stereocenters. The van der Waals surface area contributed by atoms with E-state index < -0.39 is 0 Å². The van der Waals surface area contributed by atoms with Crippen molar-refractivity contribution >= 4 is 56.4 Å². The predicted octanol–water partition coefficient (Wildman–Crippen LogP) is 5.23. The van der Waals surface area contributed by atoms with Crippen LogP contribution in [0.1, 0.15) is 9.67 Å². The second-order valence-electron chi connectivity index (χ2n) is 5.68. The highest BCUT2D eigenvalue weighted by atomic mass is 35.5. The van der Waals surface area contributed by atoms with Crippen molar-refractivity contribution in [1.82, 2.24) is 14.8 Å². The van der Waals surface area contributed by atoms with Crippen LogP contribution in [0.3, 0.4) is 0 Å². The van der Waals surface area contributed by atoms with Gasteiger partial charge < -0.3 is 9.88 Å². The van der Waals surface area contributed by atoms with Crippen molar-refractivity contribution in [3.05, 3.63) is 64.5 Å². The number of aromatic nitrogens is 3. The van der Waals surface area contributed by atoms with Crippen molar-refractivity contribution in [1.29, 1.82) is 0 Å². The average Bonchev–Trinajstić information content (AvgIpc) is 3.25. The molecule has 0 spiro atoms. The molecule has 9 heteroatoms. The molecular formula is C18H12ClFN4OS2. The van der Waals surface area contributed by atoms with Gasteiger partial charge in [0.05, 0.1) is 10.6 Å². The Morgan fingerprint density at radius 1 is 1.30 bits per heavy atom. The number of hydrogen-bond donors (Lipinski definition) is 1. The number of aryl methyl sites for hydroxylation is 1. The lowest BCUT2D eigenvalue weighted by molar-refractivity contribution is 0.103. The number of carbonyl (C=O) groups excluding carboxylic acids is 1. The summed E-state index contributed by atoms with van der Waals surface area (Å²) in [5.41, 5.74) is 0.554. The number of nitrogens with zero attached hydrogens (tertiary/aromatic N) is 3. The van der Waals surface area contributed by atoms with E-state index in [0.717, 1.165) is 9.60 Å². The molecule has 0 aliphatic rings. The van der Waals surface area contributed by atoms with Crippen molar-refractivity contribution in [2.75, 3.05) is 5.32 Å². The van der Waals surface area contributed by atoms with E-state index >= 15 is 0 Å². The maximum absolute atomic E-state index is 13.9. The molecule has 0 fully saturated rings. The van der Waals surface area contributed by atoms with E-state index in [1.165, 1.54) is 29.2 Å². The standard InChI is InChI=1S/C18H12ClFN4OS2/c1-24-9-21-23-18(24)27-15-6-5-10(19)7-13(15)22-17(25)16-8-11-12(20)3-2-4-14(11)26-16/h2-9H,1H3,(H,22,25). The minimum Gasteiger partial charge on any atom is -0.320 e. The summed E-state index contributed by atoms with van der Waals surface area (Å²) in [6, 6.07) is 11.6. The van der Waals surface area contributed by atoms with Crippen molar-refractivity contribution < 1.29 is 9.18 Å². The van der Waals surface area contributed by atoms with E-state index in [0.29, 0.717) is 26.1 Å². The summed E-state index contributed by atoms with van der Waals surface area (Å²) in [6.07, 6.45) is 1.60. The molecule has 4 rings (SSSR count). The second-order valence-corrected chi connectivity index (χ2v) is 8.21. The van der Waals surface area contributed by atoms with Gasteiger partial charge in [-0.15, -0.1) is 21.5 Å². The van der Waals surface area contributed by atoms with Crippen molar-refractivity contribution in [3.8, 4) is 0 Å². The largest absolute Gasteiger partial charge is 0.320 e. The molecule has 0 aliphatic carbocycles. The number of amides is 1. The van der Waals surface area contributed by atoms with Crippen LogP contribution in [0, 0.1) is 5.82 Å². The molecule has 2 aromatic carbocycles. The van der Waals surface area contributed by atoms with Gasteiger partial charge in [-0.1, -0.05) is 17.7 Å². The van der Waals surface area contributed by atoms with E-state index in [1.54, 1.807) is 41.2 Å². The van der Waals surface area contributed by atoms with Crippen LogP contribution in [0.25, 0.3) is 10.1 Å². The topological polar surface area (TPSA) is 59.8 Å². The van der Waals surface area contributed by atoms with Crippen LogP contribution in [0.4, 0.5) is 10.1 Å². The molecule has 0 aliphatic heterocycles. The summed E-state index contributed by atoms with van der Waals surface area (Å²) in [7, 11) is 1.84. The van der Waals surface area contributed by atoms with Gasteiger partial charge >= 0.3 is 0 Å². The number of hydrogen-bond acceptors (Lipinski definition) is 5. The fourth-order valence-corrected chi connectivity index (χ4v) is 4.45. The second kappa shape index (κ2) is 7.30. The van der Waals surface area contributed by atoms with Gasteiger partial charge in [-0.2, -0.15) is 0 Å². The predicted molar refractivity (Wildman–Crippen MR) is 106 cm³/mol. The third-order valence-electron chi connectivity index (χ3n) is 3.79. The van der Waals surface area contributed by atoms with Crippen LogP contribution in [-0.4, -0.2) is 20.7 Å². The Bertz CT molecular complexity index is 1160. The zero-order valence-corrected chi connectivity index (χ0v) is 16.3. The number of anilines is 1. The summed E-state index contributed by atoms with van der Waals surface area (Å²) in [5.74, 6) is -0.665. The quantitative estimate of drug-likeness (QED) is 0.493. The maximum Gasteiger partial charge on any atom is 0.265 e. The highest BCUT2D eigenvalue weighted by Crippen LogP contribution is 2.35. The van der Waals surface area contributed by atoms with Gasteiger partial charge in [-0.05, 0) is 48.2 Å². The number of fused-ring (bicyclic) bond motifs is 1. The lowest BCUT2D eigenvalue weighted by Crippen LogP contribution is -2.11. The molecule has 0 bridgehead atoms. The summed E-state index contributed by atoms with van der Waals surface area (Å²) < 4.78 is 16.4. The monoisotopic (exact) mass is 418 g/mol. The van der Waals surface area contributed by atoms with Gasteiger partial charge in [0.1, 0.15) is 12.1 Å². The molecular weight excluding hydrogens is 407 g/mol. The smallest absolute Gasteiger partial charge is 0.265 e. The summed E-state index contributed by atoms with van der Waals surface area (Å²) in [6.45, 7) is 0. The first kappa shape index (κ1) is 18.0. The van der Waals surface area contributed by atoms with Crippen LogP contribution in [0.2, 0.25) is 5.02 Å². The molecule has 0 atom stereocenters. The Kier molecular flexibility index (Phi) is 4.86. The third kappa shape index (κ3) is 3.69. The van der Waals surface area contributed by atoms with Gasteiger partial charge in [-0.3, -0.25) is 4.79 Å². The highest BCUT2D eigenvalue weighted by Gasteiger charge is 2.16. The van der Waals surface area contributed by atoms with E-state index in [9.17, 15) is 9.18 Å². The molecule has 27 heavy (non-hydrogen) atoms. The van der Waals surface area contributed by atoms with Crippen LogP contribution >= 0.6 is 34.7 Å². The zero-order valence-electron chi connectivity index (χ0n) is 13.9. The van der Waals surface area contributed by atoms with Crippen LogP contribution in [0.15, 0.2) is 58.8 Å². The normalized spacial score (nSPS) is 11.1. The van der Waals surface area contributed by atoms with Crippen LogP contribution < -0.4 is 5.32 Å². The first-order valence-electron chi connectivity index (χ1n) is 7.82.